The summed E-state index contributed by atoms with van der Waals surface area (Å²) in [5.74, 6) is 0.555. The molecule has 0 spiro atoms. The van der Waals surface area contributed by atoms with Crippen LogP contribution in [0.3, 0.4) is 0 Å². The number of nitrogens with one attached hydrogen (secondary N) is 1. The van der Waals surface area contributed by atoms with Crippen LogP contribution in [-0.4, -0.2) is 30.4 Å². The van der Waals surface area contributed by atoms with Crippen LogP contribution in [0.2, 0.25) is 0 Å². The minimum absolute atomic E-state index is 0.142. The highest BCUT2D eigenvalue weighted by Gasteiger charge is 2.42. The smallest absolute Gasteiger partial charge is 0.227 e. The molecule has 3 rings (SSSR count). The van der Waals surface area contributed by atoms with Crippen molar-refractivity contribution in [1.82, 2.24) is 10.2 Å². The van der Waals surface area contributed by atoms with Gasteiger partial charge >= 0.3 is 0 Å². The first kappa shape index (κ1) is 10.7. The molecule has 1 N–H and O–H groups in total. The number of carbonyl (C=O) groups is 1. The summed E-state index contributed by atoms with van der Waals surface area (Å²) in [4.78, 5) is 13.9. The van der Waals surface area contributed by atoms with E-state index in [0.29, 0.717) is 12.5 Å². The van der Waals surface area contributed by atoms with Gasteiger partial charge in [-0.3, -0.25) is 4.79 Å². The molecule has 0 saturated carbocycles. The van der Waals surface area contributed by atoms with Crippen molar-refractivity contribution < 1.29 is 9.18 Å². The summed E-state index contributed by atoms with van der Waals surface area (Å²) in [5.41, 5.74) is 0.867. The zero-order valence-electron chi connectivity index (χ0n) is 9.53. The Kier molecular flexibility index (Phi) is 2.59. The summed E-state index contributed by atoms with van der Waals surface area (Å²) in [6.45, 7) is 3.05. The fourth-order valence-electron chi connectivity index (χ4n) is 2.82. The van der Waals surface area contributed by atoms with E-state index >= 15 is 0 Å². The average Bonchev–Trinajstić information content (AvgIpc) is 2.84. The Morgan fingerprint density at radius 3 is 3.06 bits per heavy atom. The number of hydrogen-bond acceptors (Lipinski definition) is 2. The summed E-state index contributed by atoms with van der Waals surface area (Å²) < 4.78 is 13.1. The molecule has 90 valence electrons. The van der Waals surface area contributed by atoms with Crippen LogP contribution in [0.25, 0.3) is 0 Å². The van der Waals surface area contributed by atoms with Crippen molar-refractivity contribution in [2.75, 3.05) is 19.6 Å². The van der Waals surface area contributed by atoms with E-state index in [1.54, 1.807) is 6.07 Å². The first-order chi connectivity index (χ1) is 8.24. The molecule has 0 radical (unpaired) electrons. The number of hydrogen-bond donors (Lipinski definition) is 1. The molecular weight excluding hydrogens is 219 g/mol. The van der Waals surface area contributed by atoms with Gasteiger partial charge in [0.25, 0.3) is 0 Å². The maximum Gasteiger partial charge on any atom is 0.227 e. The predicted molar refractivity (Wildman–Crippen MR) is 61.7 cm³/mol. The molecule has 1 amide bonds. The van der Waals surface area contributed by atoms with E-state index in [1.807, 2.05) is 11.0 Å². The predicted octanol–water partition coefficient (Wildman–Crippen LogP) is 1.00. The summed E-state index contributed by atoms with van der Waals surface area (Å²) in [6, 6.07) is 6.48. The highest BCUT2D eigenvalue weighted by atomic mass is 19.1. The number of benzene rings is 1. The lowest BCUT2D eigenvalue weighted by molar-refractivity contribution is -0.131. The molecule has 2 unspecified atom stereocenters. The van der Waals surface area contributed by atoms with E-state index in [4.69, 9.17) is 0 Å². The van der Waals surface area contributed by atoms with E-state index in [-0.39, 0.29) is 17.6 Å². The topological polar surface area (TPSA) is 32.3 Å². The highest BCUT2D eigenvalue weighted by molar-refractivity contribution is 5.82. The Balaban J connectivity index is 1.72. The monoisotopic (exact) mass is 234 g/mol. The molecule has 2 heterocycles. The first-order valence-electron chi connectivity index (χ1n) is 5.98. The largest absolute Gasteiger partial charge is 0.338 e. The van der Waals surface area contributed by atoms with Crippen molar-refractivity contribution in [2.45, 2.75) is 6.54 Å². The van der Waals surface area contributed by atoms with Crippen molar-refractivity contribution in [3.05, 3.63) is 35.6 Å². The van der Waals surface area contributed by atoms with Gasteiger partial charge in [-0.25, -0.2) is 4.39 Å². The zero-order valence-corrected chi connectivity index (χ0v) is 9.53. The van der Waals surface area contributed by atoms with Crippen molar-refractivity contribution >= 4 is 5.91 Å². The van der Waals surface area contributed by atoms with Crippen molar-refractivity contribution in [2.24, 2.45) is 11.8 Å². The molecule has 2 aliphatic rings. The molecule has 17 heavy (non-hydrogen) atoms. The Hall–Kier alpha value is -1.42. The Labute approximate surface area is 99.6 Å². The van der Waals surface area contributed by atoms with Gasteiger partial charge in [0, 0.05) is 32.1 Å². The number of halogens is 1. The number of carbonyl (C=O) groups excluding carboxylic acids is 1. The van der Waals surface area contributed by atoms with Gasteiger partial charge in [0.2, 0.25) is 5.91 Å². The van der Waals surface area contributed by atoms with Gasteiger partial charge in [-0.1, -0.05) is 12.1 Å². The summed E-state index contributed by atoms with van der Waals surface area (Å²) in [6.07, 6.45) is 0. The van der Waals surface area contributed by atoms with E-state index in [1.165, 1.54) is 12.1 Å². The molecule has 2 saturated heterocycles. The maximum absolute atomic E-state index is 13.1. The van der Waals surface area contributed by atoms with Crippen LogP contribution in [0.4, 0.5) is 4.39 Å². The molecule has 3 nitrogen and oxygen atoms in total. The molecule has 2 fully saturated rings. The second-order valence-corrected chi connectivity index (χ2v) is 4.87. The van der Waals surface area contributed by atoms with E-state index in [2.05, 4.69) is 5.32 Å². The van der Waals surface area contributed by atoms with E-state index in [9.17, 15) is 9.18 Å². The maximum atomic E-state index is 13.1. The minimum atomic E-state index is -0.240. The molecule has 1 aromatic carbocycles. The molecule has 0 bridgehead atoms. The van der Waals surface area contributed by atoms with Crippen LogP contribution in [0.15, 0.2) is 24.3 Å². The Bertz CT molecular complexity index is 449. The standard InChI is InChI=1S/C13H15FN2O/c14-11-3-1-2-9(4-11)7-16-8-10-5-15-6-12(10)13(16)17/h1-4,10,12,15H,5-8H2. The third-order valence-electron chi connectivity index (χ3n) is 3.69. The molecule has 0 aliphatic carbocycles. The molecule has 2 atom stereocenters. The van der Waals surface area contributed by atoms with Crippen LogP contribution < -0.4 is 5.32 Å². The lowest BCUT2D eigenvalue weighted by Crippen LogP contribution is -2.30. The van der Waals surface area contributed by atoms with Crippen molar-refractivity contribution in [3.8, 4) is 0 Å². The number of likely N-dealkylation sites (tertiary alicyclic amines) is 1. The SMILES string of the molecule is O=C1C2CNCC2CN1Cc1cccc(F)c1. The van der Waals surface area contributed by atoms with Gasteiger partial charge in [-0.2, -0.15) is 0 Å². The summed E-state index contributed by atoms with van der Waals surface area (Å²) in [5, 5.41) is 3.24. The second kappa shape index (κ2) is 4.11. The van der Waals surface area contributed by atoms with Crippen molar-refractivity contribution in [3.63, 3.8) is 0 Å². The van der Waals surface area contributed by atoms with E-state index in [0.717, 1.165) is 25.2 Å². The van der Waals surface area contributed by atoms with Gasteiger partial charge in [-0.15, -0.1) is 0 Å². The quantitative estimate of drug-likeness (QED) is 0.828. The molecular formula is C13H15FN2O. The third kappa shape index (κ3) is 1.93. The van der Waals surface area contributed by atoms with Gasteiger partial charge in [0.15, 0.2) is 0 Å². The fourth-order valence-corrected chi connectivity index (χ4v) is 2.82. The third-order valence-corrected chi connectivity index (χ3v) is 3.69. The summed E-state index contributed by atoms with van der Waals surface area (Å²) >= 11 is 0. The summed E-state index contributed by atoms with van der Waals surface area (Å²) in [7, 11) is 0. The van der Waals surface area contributed by atoms with Gasteiger partial charge in [0.05, 0.1) is 5.92 Å². The Morgan fingerprint density at radius 1 is 1.41 bits per heavy atom. The molecule has 0 aromatic heterocycles. The van der Waals surface area contributed by atoms with Crippen LogP contribution in [0.1, 0.15) is 5.56 Å². The van der Waals surface area contributed by atoms with Crippen LogP contribution in [-0.2, 0) is 11.3 Å². The Morgan fingerprint density at radius 2 is 2.29 bits per heavy atom. The normalized spacial score (nSPS) is 27.6. The zero-order chi connectivity index (χ0) is 11.8. The van der Waals surface area contributed by atoms with Gasteiger partial charge in [-0.05, 0) is 17.7 Å². The van der Waals surface area contributed by atoms with Gasteiger partial charge < -0.3 is 10.2 Å². The number of nitrogens with zero attached hydrogens (tertiary/aromatic N) is 1. The lowest BCUT2D eigenvalue weighted by atomic mass is 10.0. The van der Waals surface area contributed by atoms with Crippen LogP contribution in [0.5, 0.6) is 0 Å². The van der Waals surface area contributed by atoms with Crippen molar-refractivity contribution in [1.29, 1.82) is 0 Å². The average molecular weight is 234 g/mol. The highest BCUT2D eigenvalue weighted by Crippen LogP contribution is 2.28. The van der Waals surface area contributed by atoms with Gasteiger partial charge in [0.1, 0.15) is 5.82 Å². The second-order valence-electron chi connectivity index (χ2n) is 4.87. The molecule has 4 heteroatoms. The first-order valence-corrected chi connectivity index (χ1v) is 5.98. The van der Waals surface area contributed by atoms with Crippen LogP contribution in [0, 0.1) is 17.7 Å². The van der Waals surface area contributed by atoms with E-state index < -0.39 is 0 Å². The molecule has 1 aromatic rings. The van der Waals surface area contributed by atoms with Crippen LogP contribution >= 0.6 is 0 Å². The molecule has 2 aliphatic heterocycles. The number of fused-ring (bicyclic) bond motifs is 1. The lowest BCUT2D eigenvalue weighted by Gasteiger charge is -2.17. The minimum Gasteiger partial charge on any atom is -0.338 e. The number of rotatable bonds is 2. The number of amides is 1. The fraction of sp³-hybridized carbons (Fsp3) is 0.462.